The normalized spacial score (nSPS) is 24.4. The van der Waals surface area contributed by atoms with Crippen molar-refractivity contribution in [1.82, 2.24) is 15.8 Å². The highest BCUT2D eigenvalue weighted by Gasteiger charge is 2.49. The standard InChI is InChI=1S/C27H30BrN5O6/c1-3-37-20-13-16(12-19(28)24(20)38-27(34)33-8-10-36-11-9-33)21-18(14-29)25(30)39-26-22(21)23(31-32-26)15-4-6-17(35-2)7-5-15/h4-7,12-13,21-23,26,31-32H,3,8-11,30H2,1-2H3. The van der Waals surface area contributed by atoms with Crippen LogP contribution in [0.4, 0.5) is 4.79 Å². The third-order valence-corrected chi connectivity index (χ3v) is 7.66. The molecular weight excluding hydrogens is 570 g/mol. The number of morpholine rings is 1. The number of hydrogen-bond acceptors (Lipinski definition) is 10. The molecule has 1 amide bonds. The van der Waals surface area contributed by atoms with Gasteiger partial charge in [0.15, 0.2) is 17.7 Å². The summed E-state index contributed by atoms with van der Waals surface area (Å²) < 4.78 is 28.8. The maximum Gasteiger partial charge on any atom is 0.415 e. The van der Waals surface area contributed by atoms with Crippen LogP contribution in [0.25, 0.3) is 0 Å². The summed E-state index contributed by atoms with van der Waals surface area (Å²) in [6, 6.07) is 13.4. The zero-order chi connectivity index (χ0) is 27.5. The molecule has 0 bridgehead atoms. The maximum atomic E-state index is 12.9. The summed E-state index contributed by atoms with van der Waals surface area (Å²) in [5, 5.41) is 10.1. The van der Waals surface area contributed by atoms with E-state index in [9.17, 15) is 10.1 Å². The van der Waals surface area contributed by atoms with Crippen molar-refractivity contribution in [2.45, 2.75) is 25.1 Å². The molecule has 4 unspecified atom stereocenters. The molecule has 3 aliphatic heterocycles. The van der Waals surface area contributed by atoms with Crippen LogP contribution in [0.5, 0.6) is 17.2 Å². The number of benzene rings is 2. The molecule has 0 radical (unpaired) electrons. The highest BCUT2D eigenvalue weighted by molar-refractivity contribution is 9.10. The highest BCUT2D eigenvalue weighted by atomic mass is 79.9. The van der Waals surface area contributed by atoms with Gasteiger partial charge in [-0.25, -0.2) is 15.6 Å². The lowest BCUT2D eigenvalue weighted by atomic mass is 9.74. The lowest BCUT2D eigenvalue weighted by Crippen LogP contribution is -2.42. The Kier molecular flexibility index (Phi) is 8.13. The first-order valence-corrected chi connectivity index (χ1v) is 13.5. The number of halogens is 1. The number of ether oxygens (including phenoxy) is 5. The first-order valence-electron chi connectivity index (χ1n) is 12.7. The predicted octanol–water partition coefficient (Wildman–Crippen LogP) is 3.29. The van der Waals surface area contributed by atoms with Gasteiger partial charge in [0.25, 0.3) is 0 Å². The van der Waals surface area contributed by atoms with Crippen molar-refractivity contribution in [3.63, 3.8) is 0 Å². The molecule has 0 saturated carbocycles. The molecule has 0 aromatic heterocycles. The Morgan fingerprint density at radius 2 is 1.95 bits per heavy atom. The van der Waals surface area contributed by atoms with Crippen LogP contribution in [0.2, 0.25) is 0 Å². The van der Waals surface area contributed by atoms with Gasteiger partial charge in [-0.1, -0.05) is 12.1 Å². The van der Waals surface area contributed by atoms with E-state index in [2.05, 4.69) is 32.9 Å². The van der Waals surface area contributed by atoms with Crippen molar-refractivity contribution in [2.75, 3.05) is 40.0 Å². The molecule has 39 heavy (non-hydrogen) atoms. The van der Waals surface area contributed by atoms with E-state index in [1.54, 1.807) is 18.1 Å². The van der Waals surface area contributed by atoms with Crippen LogP contribution in [0.3, 0.4) is 0 Å². The van der Waals surface area contributed by atoms with E-state index >= 15 is 0 Å². The minimum absolute atomic E-state index is 0.0605. The molecule has 3 aliphatic rings. The second-order valence-corrected chi connectivity index (χ2v) is 10.1. The van der Waals surface area contributed by atoms with Gasteiger partial charge in [-0.05, 0) is 58.2 Å². The Labute approximate surface area is 234 Å². The summed E-state index contributed by atoms with van der Waals surface area (Å²) in [6.07, 6.45) is -0.975. The van der Waals surface area contributed by atoms with Crippen molar-refractivity contribution in [3.05, 3.63) is 63.5 Å². The molecule has 4 N–H and O–H groups in total. The number of rotatable bonds is 6. The fraction of sp³-hybridized carbons (Fsp3) is 0.407. The van der Waals surface area contributed by atoms with Crippen LogP contribution < -0.4 is 30.8 Å². The van der Waals surface area contributed by atoms with Gasteiger partial charge in [-0.3, -0.25) is 0 Å². The van der Waals surface area contributed by atoms with E-state index in [0.29, 0.717) is 48.7 Å². The number of carbonyl (C=O) groups is 1. The molecular formula is C27H30BrN5O6. The second-order valence-electron chi connectivity index (χ2n) is 9.25. The Morgan fingerprint density at radius 1 is 1.21 bits per heavy atom. The summed E-state index contributed by atoms with van der Waals surface area (Å²) in [5.41, 5.74) is 14.8. The van der Waals surface area contributed by atoms with Crippen molar-refractivity contribution < 1.29 is 28.5 Å². The molecule has 0 spiro atoms. The van der Waals surface area contributed by atoms with Gasteiger partial charge < -0.3 is 34.3 Å². The van der Waals surface area contributed by atoms with Crippen molar-refractivity contribution in [3.8, 4) is 23.3 Å². The largest absolute Gasteiger partial charge is 0.497 e. The zero-order valence-electron chi connectivity index (χ0n) is 21.6. The molecule has 0 aliphatic carbocycles. The molecule has 5 rings (SSSR count). The van der Waals surface area contributed by atoms with E-state index < -0.39 is 18.2 Å². The Bertz CT molecular complexity index is 1290. The number of fused-ring (bicyclic) bond motifs is 1. The molecule has 2 aromatic carbocycles. The molecule has 2 fully saturated rings. The average molecular weight is 600 g/mol. The summed E-state index contributed by atoms with van der Waals surface area (Å²) in [6.45, 7) is 4.02. The van der Waals surface area contributed by atoms with Crippen molar-refractivity contribution >= 4 is 22.0 Å². The molecule has 206 valence electrons. The molecule has 12 heteroatoms. The molecule has 3 heterocycles. The van der Waals surface area contributed by atoms with Gasteiger partial charge in [-0.15, -0.1) is 0 Å². The third-order valence-electron chi connectivity index (χ3n) is 7.08. The SMILES string of the molecule is CCOc1cc(C2C(C#N)=C(N)OC3NNC(c4ccc(OC)cc4)C32)cc(Br)c1OC(=O)N1CCOCC1. The quantitative estimate of drug-likeness (QED) is 0.453. The number of carbonyl (C=O) groups excluding carboxylic acids is 1. The zero-order valence-corrected chi connectivity index (χ0v) is 23.2. The van der Waals surface area contributed by atoms with Crippen LogP contribution in [-0.2, 0) is 9.47 Å². The van der Waals surface area contributed by atoms with E-state index in [0.717, 1.165) is 16.9 Å². The lowest BCUT2D eigenvalue weighted by molar-refractivity contribution is 0.0340. The number of methoxy groups -OCH3 is 1. The Balaban J connectivity index is 1.53. The average Bonchev–Trinajstić information content (AvgIpc) is 3.37. The van der Waals surface area contributed by atoms with E-state index in [4.69, 9.17) is 29.4 Å². The van der Waals surface area contributed by atoms with Crippen LogP contribution in [0, 0.1) is 17.2 Å². The van der Waals surface area contributed by atoms with Gasteiger partial charge >= 0.3 is 6.09 Å². The summed E-state index contributed by atoms with van der Waals surface area (Å²) in [5.74, 6) is 0.747. The number of allylic oxidation sites excluding steroid dienone is 1. The van der Waals surface area contributed by atoms with Gasteiger partial charge in [0, 0.05) is 24.9 Å². The summed E-state index contributed by atoms with van der Waals surface area (Å²) >= 11 is 3.59. The van der Waals surface area contributed by atoms with Crippen LogP contribution >= 0.6 is 15.9 Å². The first kappa shape index (κ1) is 27.1. The number of nitrogens with zero attached hydrogens (tertiary/aromatic N) is 2. The molecule has 4 atom stereocenters. The van der Waals surface area contributed by atoms with Crippen LogP contribution in [0.1, 0.15) is 30.0 Å². The van der Waals surface area contributed by atoms with Gasteiger partial charge in [0.2, 0.25) is 5.88 Å². The number of nitriles is 1. The fourth-order valence-corrected chi connectivity index (χ4v) is 5.76. The predicted molar refractivity (Wildman–Crippen MR) is 144 cm³/mol. The lowest BCUT2D eigenvalue weighted by Gasteiger charge is -2.36. The number of amides is 1. The third kappa shape index (κ3) is 5.35. The van der Waals surface area contributed by atoms with Crippen molar-refractivity contribution in [2.24, 2.45) is 11.7 Å². The van der Waals surface area contributed by atoms with E-state index in [1.165, 1.54) is 0 Å². The van der Waals surface area contributed by atoms with Gasteiger partial charge in [-0.2, -0.15) is 5.26 Å². The van der Waals surface area contributed by atoms with Gasteiger partial charge in [0.1, 0.15) is 11.8 Å². The fourth-order valence-electron chi connectivity index (χ4n) is 5.22. The minimum atomic E-state index is -0.493. The summed E-state index contributed by atoms with van der Waals surface area (Å²) in [4.78, 5) is 14.5. The van der Waals surface area contributed by atoms with Crippen LogP contribution in [-0.4, -0.2) is 57.2 Å². The minimum Gasteiger partial charge on any atom is -0.497 e. The van der Waals surface area contributed by atoms with Crippen molar-refractivity contribution in [1.29, 1.82) is 5.26 Å². The number of hydrogen-bond donors (Lipinski definition) is 3. The monoisotopic (exact) mass is 599 g/mol. The number of nitrogens with one attached hydrogen (secondary N) is 2. The number of nitrogens with two attached hydrogens (primary N) is 1. The van der Waals surface area contributed by atoms with Crippen LogP contribution in [0.15, 0.2) is 52.3 Å². The van der Waals surface area contributed by atoms with Gasteiger partial charge in [0.05, 0.1) is 43.0 Å². The smallest absolute Gasteiger partial charge is 0.415 e. The number of hydrazine groups is 1. The first-order chi connectivity index (χ1) is 18.9. The topological polar surface area (TPSA) is 140 Å². The van der Waals surface area contributed by atoms with E-state index in [1.807, 2.05) is 37.3 Å². The highest BCUT2D eigenvalue weighted by Crippen LogP contribution is 2.50. The maximum absolute atomic E-state index is 12.9. The summed E-state index contributed by atoms with van der Waals surface area (Å²) in [7, 11) is 1.62. The Morgan fingerprint density at radius 3 is 2.62 bits per heavy atom. The molecule has 11 nitrogen and oxygen atoms in total. The second kappa shape index (κ2) is 11.7. The molecule has 2 aromatic rings. The Hall–Kier alpha value is -3.50. The molecule has 2 saturated heterocycles. The van der Waals surface area contributed by atoms with E-state index in [-0.39, 0.29) is 23.6 Å².